The van der Waals surface area contributed by atoms with E-state index in [0.717, 1.165) is 5.01 Å². The third-order valence-corrected chi connectivity index (χ3v) is 3.04. The Hall–Kier alpha value is -2.53. The average molecular weight is 354 g/mol. The zero-order valence-electron chi connectivity index (χ0n) is 13.1. The van der Waals surface area contributed by atoms with Gasteiger partial charge in [0.2, 0.25) is 0 Å². The van der Waals surface area contributed by atoms with Crippen molar-refractivity contribution in [2.24, 2.45) is 10.1 Å². The maximum atomic E-state index is 11.3. The van der Waals surface area contributed by atoms with Gasteiger partial charge >= 0.3 is 35.6 Å². The first kappa shape index (κ1) is 20.5. The Labute approximate surface area is 163 Å². The molecule has 1 aromatic heterocycles. The van der Waals surface area contributed by atoms with Crippen LogP contribution in [0, 0.1) is 10.1 Å². The van der Waals surface area contributed by atoms with Crippen LogP contribution in [0.5, 0.6) is 0 Å². The summed E-state index contributed by atoms with van der Waals surface area (Å²) in [6.45, 7) is -0.189. The molecule has 0 saturated heterocycles. The Kier molecular flexibility index (Phi) is 7.00. The smallest absolute Gasteiger partial charge is 0.860 e. The second-order valence-electron chi connectivity index (χ2n) is 4.60. The summed E-state index contributed by atoms with van der Waals surface area (Å²) in [4.78, 5) is 24.6. The molecule has 0 spiro atoms. The number of hydrogen-bond acceptors (Lipinski definition) is 6. The average Bonchev–Trinajstić information content (AvgIpc) is 3.11. The molecule has 0 fully saturated rings. The number of rotatable bonds is 4. The fourth-order valence-corrected chi connectivity index (χ4v) is 1.94. The maximum Gasteiger partial charge on any atom is 1.00 e. The van der Waals surface area contributed by atoms with E-state index in [1.54, 1.807) is 24.3 Å². The van der Waals surface area contributed by atoms with Gasteiger partial charge in [-0.05, 0) is 30.2 Å². The molecular formula is C14H11N4NaO6. The van der Waals surface area contributed by atoms with Crippen molar-refractivity contribution in [3.63, 3.8) is 0 Å². The Morgan fingerprint density at radius 1 is 1.24 bits per heavy atom. The first-order chi connectivity index (χ1) is 11.0. The molecule has 1 aromatic carbocycles. The van der Waals surface area contributed by atoms with Crippen molar-refractivity contribution in [2.75, 3.05) is 6.54 Å². The first-order valence-electron chi connectivity index (χ1n) is 6.47. The number of aliphatic imine (C=N–C) groups is 1. The SMILES string of the molecule is O.O=C1N=C([O-])CN1/N=C/c1ccc(-c2ccc([N+](=O)[O-])cc2)o1.[Na+]. The number of nitro groups is 1. The third-order valence-electron chi connectivity index (χ3n) is 3.04. The van der Waals surface area contributed by atoms with Gasteiger partial charge < -0.3 is 15.0 Å². The van der Waals surface area contributed by atoms with Crippen LogP contribution < -0.4 is 34.7 Å². The first-order valence-corrected chi connectivity index (χ1v) is 6.47. The van der Waals surface area contributed by atoms with Crippen molar-refractivity contribution in [1.29, 1.82) is 0 Å². The third kappa shape index (κ3) is 4.73. The Morgan fingerprint density at radius 3 is 2.48 bits per heavy atom. The Morgan fingerprint density at radius 2 is 1.92 bits per heavy atom. The molecule has 25 heavy (non-hydrogen) atoms. The van der Waals surface area contributed by atoms with Gasteiger partial charge in [0, 0.05) is 17.7 Å². The molecule has 0 radical (unpaired) electrons. The van der Waals surface area contributed by atoms with Crippen molar-refractivity contribution in [2.45, 2.75) is 0 Å². The maximum absolute atomic E-state index is 11.3. The van der Waals surface area contributed by atoms with Crippen LogP contribution in [0.15, 0.2) is 50.9 Å². The number of hydrazone groups is 1. The summed E-state index contributed by atoms with van der Waals surface area (Å²) >= 11 is 0. The molecule has 0 saturated carbocycles. The minimum Gasteiger partial charge on any atom is -0.860 e. The number of furan rings is 1. The van der Waals surface area contributed by atoms with Gasteiger partial charge in [-0.1, -0.05) is 0 Å². The number of urea groups is 1. The summed E-state index contributed by atoms with van der Waals surface area (Å²) in [7, 11) is 0. The summed E-state index contributed by atoms with van der Waals surface area (Å²) < 4.78 is 5.52. The van der Waals surface area contributed by atoms with Gasteiger partial charge in [0.15, 0.2) is 0 Å². The van der Waals surface area contributed by atoms with Crippen LogP contribution in [0.25, 0.3) is 11.3 Å². The second-order valence-corrected chi connectivity index (χ2v) is 4.60. The summed E-state index contributed by atoms with van der Waals surface area (Å²) in [5, 5.41) is 26.3. The molecule has 3 rings (SSSR count). The molecule has 0 atom stereocenters. The van der Waals surface area contributed by atoms with Crippen LogP contribution in [-0.4, -0.2) is 40.1 Å². The van der Waals surface area contributed by atoms with Gasteiger partial charge in [-0.3, -0.25) is 10.1 Å². The number of hydrogen-bond donors (Lipinski definition) is 0. The molecule has 2 aromatic rings. The van der Waals surface area contributed by atoms with Crippen LogP contribution in [0.1, 0.15) is 5.76 Å². The van der Waals surface area contributed by atoms with Crippen molar-refractivity contribution in [3.8, 4) is 11.3 Å². The monoisotopic (exact) mass is 354 g/mol. The molecule has 2 heterocycles. The molecular weight excluding hydrogens is 343 g/mol. The zero-order chi connectivity index (χ0) is 16.4. The van der Waals surface area contributed by atoms with Crippen molar-refractivity contribution in [1.82, 2.24) is 5.01 Å². The van der Waals surface area contributed by atoms with Gasteiger partial charge in [-0.2, -0.15) is 5.10 Å². The fraction of sp³-hybridized carbons (Fsp3) is 0.0714. The molecule has 0 bridgehead atoms. The quantitative estimate of drug-likeness (QED) is 0.258. The van der Waals surface area contributed by atoms with E-state index in [-0.39, 0.29) is 47.3 Å². The Balaban J connectivity index is 0.00000156. The van der Waals surface area contributed by atoms with Crippen LogP contribution in [0.4, 0.5) is 10.5 Å². The standard InChI is InChI=1S/C14H10N4O5.Na.H2O/c19-13-8-17(14(20)16-13)15-7-11-5-6-12(23-11)9-1-3-10(4-2-9)18(21)22;;/h1-7H,8H2,(H,16,19,20);;1H2/q;+1;/p-1/b15-7+;;. The predicted octanol–water partition coefficient (Wildman–Crippen LogP) is -2.44. The number of nitro benzene ring substituents is 1. The van der Waals surface area contributed by atoms with Crippen LogP contribution >= 0.6 is 0 Å². The van der Waals surface area contributed by atoms with E-state index in [1.807, 2.05) is 0 Å². The zero-order valence-corrected chi connectivity index (χ0v) is 15.1. The van der Waals surface area contributed by atoms with Crippen molar-refractivity contribution < 1.29 is 54.3 Å². The molecule has 124 valence electrons. The molecule has 10 nitrogen and oxygen atoms in total. The number of non-ortho nitro benzene ring substituents is 1. The molecule has 0 aliphatic carbocycles. The van der Waals surface area contributed by atoms with Crippen molar-refractivity contribution in [3.05, 3.63) is 52.3 Å². The number of carbonyl (C=O) groups excluding carboxylic acids is 1. The van der Waals surface area contributed by atoms with Gasteiger partial charge in [0.05, 0.1) is 17.7 Å². The summed E-state index contributed by atoms with van der Waals surface area (Å²) in [6.07, 6.45) is 1.29. The summed E-state index contributed by atoms with van der Waals surface area (Å²) in [5.41, 5.74) is 0.653. The fourth-order valence-electron chi connectivity index (χ4n) is 1.94. The predicted molar refractivity (Wildman–Crippen MR) is 81.5 cm³/mol. The van der Waals surface area contributed by atoms with Crippen LogP contribution in [-0.2, 0) is 0 Å². The Bertz CT molecular complexity index is 830. The number of benzene rings is 1. The molecule has 0 unspecified atom stereocenters. The van der Waals surface area contributed by atoms with E-state index < -0.39 is 16.9 Å². The van der Waals surface area contributed by atoms with E-state index in [2.05, 4.69) is 10.1 Å². The van der Waals surface area contributed by atoms with Crippen molar-refractivity contribution >= 4 is 23.8 Å². The van der Waals surface area contributed by atoms with Gasteiger partial charge in [0.1, 0.15) is 11.5 Å². The van der Waals surface area contributed by atoms with E-state index in [9.17, 15) is 20.0 Å². The van der Waals surface area contributed by atoms with E-state index >= 15 is 0 Å². The summed E-state index contributed by atoms with van der Waals surface area (Å²) in [5.74, 6) is 0.318. The molecule has 2 amide bonds. The molecule has 1 aliphatic rings. The van der Waals surface area contributed by atoms with E-state index in [4.69, 9.17) is 4.42 Å². The minimum absolute atomic E-state index is 0. The minimum atomic E-state index is -0.714. The topological polar surface area (TPSA) is 156 Å². The molecule has 2 N–H and O–H groups in total. The van der Waals surface area contributed by atoms with Gasteiger partial charge in [0.25, 0.3) is 5.69 Å². The van der Waals surface area contributed by atoms with Crippen LogP contribution in [0.2, 0.25) is 0 Å². The summed E-state index contributed by atoms with van der Waals surface area (Å²) in [6, 6.07) is 8.47. The number of carbonyl (C=O) groups is 1. The molecule has 1 aliphatic heterocycles. The number of nitrogens with zero attached hydrogens (tertiary/aromatic N) is 4. The van der Waals surface area contributed by atoms with E-state index in [0.29, 0.717) is 17.1 Å². The second kappa shape index (κ2) is 8.53. The normalized spacial score (nSPS) is 13.4. The largest absolute Gasteiger partial charge is 1.00 e. The number of amides is 2. The molecule has 11 heteroatoms. The van der Waals surface area contributed by atoms with Gasteiger partial charge in [-0.25, -0.2) is 14.8 Å². The van der Waals surface area contributed by atoms with Crippen LogP contribution in [0.3, 0.4) is 0 Å². The van der Waals surface area contributed by atoms with E-state index in [1.165, 1.54) is 18.3 Å². The van der Waals surface area contributed by atoms with Gasteiger partial charge in [-0.15, -0.1) is 0 Å².